The zero-order valence-electron chi connectivity index (χ0n) is 9.98. The van der Waals surface area contributed by atoms with Crippen LogP contribution in [-0.2, 0) is 4.79 Å². The molecule has 0 aromatic carbocycles. The summed E-state index contributed by atoms with van der Waals surface area (Å²) in [5.74, 6) is 0.262. The van der Waals surface area contributed by atoms with Gasteiger partial charge >= 0.3 is 0 Å². The first-order chi connectivity index (χ1) is 9.06. The summed E-state index contributed by atoms with van der Waals surface area (Å²) in [7, 11) is 0. The van der Waals surface area contributed by atoms with E-state index in [0.29, 0.717) is 11.4 Å². The molecule has 6 heteroatoms. The van der Waals surface area contributed by atoms with E-state index in [9.17, 15) is 4.79 Å². The number of hydrogen-bond donors (Lipinski definition) is 1. The van der Waals surface area contributed by atoms with E-state index in [2.05, 4.69) is 10.3 Å². The number of carbonyl (C=O) groups excluding carboxylic acids is 1. The molecule has 2 heterocycles. The topological polar surface area (TPSA) is 55.1 Å². The van der Waals surface area contributed by atoms with E-state index in [0.717, 1.165) is 5.56 Å². The van der Waals surface area contributed by atoms with Gasteiger partial charge in [0.25, 0.3) is 0 Å². The monoisotopic (exact) mass is 296 g/mol. The third-order valence-corrected chi connectivity index (χ3v) is 2.80. The highest BCUT2D eigenvalue weighted by Gasteiger charge is 2.09. The molecule has 1 N–H and O–H groups in total. The summed E-state index contributed by atoms with van der Waals surface area (Å²) < 4.78 is 5.07. The predicted octanol–water partition coefficient (Wildman–Crippen LogP) is 3.94. The maximum absolute atomic E-state index is 11.7. The Morgan fingerprint density at radius 3 is 2.89 bits per heavy atom. The molecule has 0 saturated carbocycles. The van der Waals surface area contributed by atoms with Crippen molar-refractivity contribution >= 4 is 40.9 Å². The van der Waals surface area contributed by atoms with Crippen LogP contribution in [0.4, 0.5) is 5.69 Å². The Labute approximate surface area is 120 Å². The van der Waals surface area contributed by atoms with Gasteiger partial charge in [0, 0.05) is 6.08 Å². The second kappa shape index (κ2) is 5.91. The van der Waals surface area contributed by atoms with Gasteiger partial charge in [-0.1, -0.05) is 23.2 Å². The first kappa shape index (κ1) is 13.6. The average Bonchev–Trinajstić information content (AvgIpc) is 2.84. The number of amides is 1. The van der Waals surface area contributed by atoms with Crippen LogP contribution >= 0.6 is 23.2 Å². The highest BCUT2D eigenvalue weighted by Crippen LogP contribution is 2.26. The highest BCUT2D eigenvalue weighted by atomic mass is 35.5. The van der Waals surface area contributed by atoms with Crippen LogP contribution in [0.2, 0.25) is 10.3 Å². The molecule has 2 rings (SSSR count). The highest BCUT2D eigenvalue weighted by molar-refractivity contribution is 6.35. The van der Waals surface area contributed by atoms with Crippen LogP contribution < -0.4 is 5.32 Å². The molecule has 19 heavy (non-hydrogen) atoms. The van der Waals surface area contributed by atoms with Gasteiger partial charge in [0.05, 0.1) is 12.0 Å². The molecule has 0 fully saturated rings. The van der Waals surface area contributed by atoms with Crippen molar-refractivity contribution in [1.82, 2.24) is 4.98 Å². The van der Waals surface area contributed by atoms with Crippen molar-refractivity contribution in [3.63, 3.8) is 0 Å². The van der Waals surface area contributed by atoms with Gasteiger partial charge in [0.15, 0.2) is 5.15 Å². The summed E-state index contributed by atoms with van der Waals surface area (Å²) in [6.45, 7) is 1.78. The molecule has 0 saturated heterocycles. The Kier molecular flexibility index (Phi) is 4.24. The van der Waals surface area contributed by atoms with E-state index < -0.39 is 0 Å². The maximum Gasteiger partial charge on any atom is 0.248 e. The smallest absolute Gasteiger partial charge is 0.248 e. The molecule has 0 spiro atoms. The summed E-state index contributed by atoms with van der Waals surface area (Å²) in [5.41, 5.74) is 1.19. The van der Waals surface area contributed by atoms with Crippen LogP contribution in [0.3, 0.4) is 0 Å². The number of carbonyl (C=O) groups is 1. The van der Waals surface area contributed by atoms with Crippen LogP contribution in [0.1, 0.15) is 11.3 Å². The Morgan fingerprint density at radius 1 is 1.47 bits per heavy atom. The van der Waals surface area contributed by atoms with Gasteiger partial charge in [-0.05, 0) is 36.8 Å². The van der Waals surface area contributed by atoms with Crippen molar-refractivity contribution in [2.45, 2.75) is 6.92 Å². The Morgan fingerprint density at radius 2 is 2.26 bits per heavy atom. The fourth-order valence-corrected chi connectivity index (χ4v) is 2.03. The number of aromatic nitrogens is 1. The molecule has 1 amide bonds. The Hall–Kier alpha value is -1.78. The van der Waals surface area contributed by atoms with Crippen LogP contribution in [0, 0.1) is 6.92 Å². The number of furan rings is 1. The molecule has 98 valence electrons. The maximum atomic E-state index is 11.7. The van der Waals surface area contributed by atoms with Gasteiger partial charge in [0.2, 0.25) is 5.91 Å². The third kappa shape index (κ3) is 3.59. The van der Waals surface area contributed by atoms with Crippen molar-refractivity contribution in [3.8, 4) is 0 Å². The summed E-state index contributed by atoms with van der Waals surface area (Å²) in [6, 6.07) is 5.10. The SMILES string of the molecule is Cc1cc(Cl)nc(Cl)c1NC(=O)/C=C/c1ccco1. The van der Waals surface area contributed by atoms with Crippen LogP contribution in [0.25, 0.3) is 6.08 Å². The number of hydrogen-bond acceptors (Lipinski definition) is 3. The largest absolute Gasteiger partial charge is 0.465 e. The lowest BCUT2D eigenvalue weighted by Crippen LogP contribution is -2.10. The molecular formula is C13H10Cl2N2O2. The average molecular weight is 297 g/mol. The molecule has 0 unspecified atom stereocenters. The molecule has 0 radical (unpaired) electrons. The van der Waals surface area contributed by atoms with Gasteiger partial charge < -0.3 is 9.73 Å². The van der Waals surface area contributed by atoms with Crippen LogP contribution in [0.15, 0.2) is 35.0 Å². The van der Waals surface area contributed by atoms with Gasteiger partial charge in [-0.25, -0.2) is 4.98 Å². The van der Waals surface area contributed by atoms with E-state index in [1.165, 1.54) is 12.3 Å². The van der Waals surface area contributed by atoms with E-state index in [1.54, 1.807) is 31.2 Å². The molecule has 2 aromatic heterocycles. The third-order valence-electron chi connectivity index (χ3n) is 2.33. The lowest BCUT2D eigenvalue weighted by atomic mass is 10.2. The normalized spacial score (nSPS) is 10.9. The summed E-state index contributed by atoms with van der Waals surface area (Å²) in [5, 5.41) is 3.09. The molecular weight excluding hydrogens is 287 g/mol. The van der Waals surface area contributed by atoms with Crippen molar-refractivity contribution in [3.05, 3.63) is 52.2 Å². The molecule has 0 atom stereocenters. The number of nitrogens with zero attached hydrogens (tertiary/aromatic N) is 1. The Bertz CT molecular complexity index is 599. The second-order valence-electron chi connectivity index (χ2n) is 3.77. The van der Waals surface area contributed by atoms with Crippen molar-refractivity contribution in [1.29, 1.82) is 0 Å². The number of rotatable bonds is 3. The van der Waals surface area contributed by atoms with Gasteiger partial charge in [0.1, 0.15) is 10.9 Å². The Balaban J connectivity index is 2.11. The van der Waals surface area contributed by atoms with Crippen molar-refractivity contribution in [2.75, 3.05) is 5.32 Å². The first-order valence-corrected chi connectivity index (χ1v) is 6.17. The summed E-state index contributed by atoms with van der Waals surface area (Å²) in [4.78, 5) is 15.6. The number of nitrogens with one attached hydrogen (secondary N) is 1. The standard InChI is InChI=1S/C13H10Cl2N2O2/c1-8-7-10(14)16-13(15)12(8)17-11(18)5-4-9-3-2-6-19-9/h2-7H,1H3,(H,17,18)/b5-4+. The van der Waals surface area contributed by atoms with Gasteiger partial charge in [-0.2, -0.15) is 0 Å². The lowest BCUT2D eigenvalue weighted by Gasteiger charge is -2.08. The molecule has 0 bridgehead atoms. The van der Waals surface area contributed by atoms with Crippen LogP contribution in [-0.4, -0.2) is 10.9 Å². The molecule has 0 aliphatic heterocycles. The van der Waals surface area contributed by atoms with Crippen LogP contribution in [0.5, 0.6) is 0 Å². The van der Waals surface area contributed by atoms with E-state index in [1.807, 2.05) is 0 Å². The van der Waals surface area contributed by atoms with E-state index in [4.69, 9.17) is 27.6 Å². The summed E-state index contributed by atoms with van der Waals surface area (Å²) in [6.07, 6.45) is 4.44. The van der Waals surface area contributed by atoms with Crippen molar-refractivity contribution < 1.29 is 9.21 Å². The molecule has 2 aromatic rings. The van der Waals surface area contributed by atoms with Crippen molar-refractivity contribution in [2.24, 2.45) is 0 Å². The fourth-order valence-electron chi connectivity index (χ4n) is 1.45. The quantitative estimate of drug-likeness (QED) is 0.689. The molecule has 0 aliphatic carbocycles. The zero-order chi connectivity index (χ0) is 13.8. The summed E-state index contributed by atoms with van der Waals surface area (Å²) >= 11 is 11.7. The van der Waals surface area contributed by atoms with E-state index >= 15 is 0 Å². The molecule has 4 nitrogen and oxygen atoms in total. The van der Waals surface area contributed by atoms with E-state index in [-0.39, 0.29) is 16.2 Å². The first-order valence-electron chi connectivity index (χ1n) is 5.41. The number of anilines is 1. The number of aryl methyl sites for hydroxylation is 1. The minimum absolute atomic E-state index is 0.157. The minimum atomic E-state index is -0.328. The lowest BCUT2D eigenvalue weighted by molar-refractivity contribution is -0.111. The second-order valence-corrected chi connectivity index (χ2v) is 4.51. The minimum Gasteiger partial charge on any atom is -0.465 e. The zero-order valence-corrected chi connectivity index (χ0v) is 11.5. The predicted molar refractivity (Wildman–Crippen MR) is 75.4 cm³/mol. The fraction of sp³-hybridized carbons (Fsp3) is 0.0769. The molecule has 0 aliphatic rings. The van der Waals surface area contributed by atoms with Gasteiger partial charge in [-0.3, -0.25) is 4.79 Å². The number of pyridine rings is 1. The van der Waals surface area contributed by atoms with Gasteiger partial charge in [-0.15, -0.1) is 0 Å². The number of halogens is 2.